The molecular formula is C21H27N3O. The molecule has 1 aromatic carbocycles. The van der Waals surface area contributed by atoms with Crippen LogP contribution >= 0.6 is 0 Å². The van der Waals surface area contributed by atoms with Gasteiger partial charge in [0.25, 0.3) is 5.91 Å². The molecule has 0 aliphatic carbocycles. The Hall–Kier alpha value is -2.20. The Morgan fingerprint density at radius 2 is 2.08 bits per heavy atom. The van der Waals surface area contributed by atoms with Gasteiger partial charge < -0.3 is 5.32 Å². The van der Waals surface area contributed by atoms with E-state index in [4.69, 9.17) is 0 Å². The first-order chi connectivity index (χ1) is 12.1. The number of piperidine rings is 1. The maximum atomic E-state index is 12.4. The lowest BCUT2D eigenvalue weighted by atomic mass is 9.97. The van der Waals surface area contributed by atoms with Crippen molar-refractivity contribution < 1.29 is 4.79 Å². The third-order valence-electron chi connectivity index (χ3n) is 5.09. The number of carbonyl (C=O) groups is 1. The number of pyridine rings is 1. The molecule has 3 rings (SSSR count). The Bertz CT molecular complexity index is 729. The second-order valence-electron chi connectivity index (χ2n) is 7.07. The van der Waals surface area contributed by atoms with Crippen molar-refractivity contribution in [1.29, 1.82) is 0 Å². The van der Waals surface area contributed by atoms with E-state index >= 15 is 0 Å². The molecule has 0 bridgehead atoms. The zero-order valence-corrected chi connectivity index (χ0v) is 15.2. The maximum absolute atomic E-state index is 12.4. The molecule has 0 saturated carbocycles. The van der Waals surface area contributed by atoms with E-state index in [1.165, 1.54) is 24.0 Å². The summed E-state index contributed by atoms with van der Waals surface area (Å²) in [7, 11) is 0. The number of hydrogen-bond acceptors (Lipinski definition) is 3. The lowest BCUT2D eigenvalue weighted by Gasteiger charge is -2.33. The van der Waals surface area contributed by atoms with E-state index in [0.29, 0.717) is 11.5 Å². The van der Waals surface area contributed by atoms with Crippen LogP contribution in [0.25, 0.3) is 0 Å². The second kappa shape index (κ2) is 8.26. The van der Waals surface area contributed by atoms with E-state index < -0.39 is 0 Å². The van der Waals surface area contributed by atoms with Gasteiger partial charge in [-0.1, -0.05) is 24.3 Å². The van der Waals surface area contributed by atoms with Gasteiger partial charge in [-0.2, -0.15) is 0 Å². The van der Waals surface area contributed by atoms with Crippen molar-refractivity contribution in [2.24, 2.45) is 5.92 Å². The highest BCUT2D eigenvalue weighted by atomic mass is 16.1. The van der Waals surface area contributed by atoms with E-state index in [0.717, 1.165) is 31.7 Å². The predicted octanol–water partition coefficient (Wildman–Crippen LogP) is 3.34. The Kier molecular flexibility index (Phi) is 5.82. The van der Waals surface area contributed by atoms with E-state index in [2.05, 4.69) is 46.4 Å². The smallest absolute Gasteiger partial charge is 0.253 e. The van der Waals surface area contributed by atoms with Crippen molar-refractivity contribution in [3.8, 4) is 0 Å². The number of nitrogens with zero attached hydrogens (tertiary/aromatic N) is 2. The molecule has 132 valence electrons. The van der Waals surface area contributed by atoms with Gasteiger partial charge in [0.05, 0.1) is 5.56 Å². The monoisotopic (exact) mass is 337 g/mol. The quantitative estimate of drug-likeness (QED) is 0.910. The average molecular weight is 337 g/mol. The zero-order valence-electron chi connectivity index (χ0n) is 15.2. The van der Waals surface area contributed by atoms with Crippen LogP contribution in [0.5, 0.6) is 0 Å². The van der Waals surface area contributed by atoms with Crippen LogP contribution in [-0.2, 0) is 6.54 Å². The topological polar surface area (TPSA) is 45.2 Å². The minimum atomic E-state index is -0.0124. The second-order valence-corrected chi connectivity index (χ2v) is 7.07. The summed E-state index contributed by atoms with van der Waals surface area (Å²) in [4.78, 5) is 18.9. The normalized spacial score (nSPS) is 18.1. The average Bonchev–Trinajstić information content (AvgIpc) is 2.62. The van der Waals surface area contributed by atoms with E-state index in [9.17, 15) is 4.79 Å². The number of amides is 1. The van der Waals surface area contributed by atoms with Gasteiger partial charge >= 0.3 is 0 Å². The van der Waals surface area contributed by atoms with Crippen LogP contribution in [0.4, 0.5) is 0 Å². The molecule has 4 nitrogen and oxygen atoms in total. The molecule has 1 atom stereocenters. The lowest BCUT2D eigenvalue weighted by molar-refractivity contribution is 0.0929. The molecule has 1 saturated heterocycles. The maximum Gasteiger partial charge on any atom is 0.253 e. The number of nitrogens with one attached hydrogen (secondary N) is 1. The highest BCUT2D eigenvalue weighted by Crippen LogP contribution is 2.19. The fraction of sp³-hybridized carbons (Fsp3) is 0.429. The van der Waals surface area contributed by atoms with Crippen LogP contribution in [0.2, 0.25) is 0 Å². The van der Waals surface area contributed by atoms with Crippen molar-refractivity contribution in [2.45, 2.75) is 33.2 Å². The molecule has 1 aliphatic rings. The summed E-state index contributed by atoms with van der Waals surface area (Å²) >= 11 is 0. The summed E-state index contributed by atoms with van der Waals surface area (Å²) in [6.45, 7) is 8.03. The highest BCUT2D eigenvalue weighted by Gasteiger charge is 2.21. The number of carbonyl (C=O) groups excluding carboxylic acids is 1. The van der Waals surface area contributed by atoms with Crippen LogP contribution in [0, 0.1) is 19.8 Å². The molecular weight excluding hydrogens is 310 g/mol. The van der Waals surface area contributed by atoms with Crippen molar-refractivity contribution in [3.05, 3.63) is 65.0 Å². The van der Waals surface area contributed by atoms with Crippen molar-refractivity contribution in [1.82, 2.24) is 15.2 Å². The number of hydrogen-bond donors (Lipinski definition) is 1. The number of likely N-dealkylation sites (tertiary alicyclic amines) is 1. The lowest BCUT2D eigenvalue weighted by Crippen LogP contribution is -2.40. The summed E-state index contributed by atoms with van der Waals surface area (Å²) in [6.07, 6.45) is 5.74. The molecule has 0 radical (unpaired) electrons. The van der Waals surface area contributed by atoms with Crippen molar-refractivity contribution in [2.75, 3.05) is 19.6 Å². The van der Waals surface area contributed by atoms with Crippen LogP contribution in [0.3, 0.4) is 0 Å². The van der Waals surface area contributed by atoms with Gasteiger partial charge in [-0.25, -0.2) is 0 Å². The summed E-state index contributed by atoms with van der Waals surface area (Å²) < 4.78 is 0. The van der Waals surface area contributed by atoms with Gasteiger partial charge in [-0.05, 0) is 61.9 Å². The molecule has 4 heteroatoms. The Balaban J connectivity index is 1.53. The molecule has 1 amide bonds. The van der Waals surface area contributed by atoms with Crippen molar-refractivity contribution >= 4 is 5.91 Å². The summed E-state index contributed by atoms with van der Waals surface area (Å²) in [5.41, 5.74) is 4.40. The predicted molar refractivity (Wildman–Crippen MR) is 100 cm³/mol. The third kappa shape index (κ3) is 4.67. The number of aryl methyl sites for hydroxylation is 2. The molecule has 25 heavy (non-hydrogen) atoms. The number of benzene rings is 1. The Morgan fingerprint density at radius 1 is 1.24 bits per heavy atom. The molecule has 1 aromatic heterocycles. The molecule has 1 N–H and O–H groups in total. The molecule has 1 fully saturated rings. The molecule has 2 aromatic rings. The first kappa shape index (κ1) is 17.6. The summed E-state index contributed by atoms with van der Waals surface area (Å²) in [6, 6.07) is 10.5. The first-order valence-electron chi connectivity index (χ1n) is 9.09. The molecule has 1 aliphatic heterocycles. The van der Waals surface area contributed by atoms with E-state index in [-0.39, 0.29) is 5.91 Å². The van der Waals surface area contributed by atoms with Gasteiger partial charge in [0.15, 0.2) is 0 Å². The zero-order chi connectivity index (χ0) is 17.6. The van der Waals surface area contributed by atoms with Gasteiger partial charge in [-0.15, -0.1) is 0 Å². The van der Waals surface area contributed by atoms with Crippen molar-refractivity contribution in [3.63, 3.8) is 0 Å². The van der Waals surface area contributed by atoms with Crippen LogP contribution in [-0.4, -0.2) is 35.4 Å². The van der Waals surface area contributed by atoms with Crippen LogP contribution < -0.4 is 5.32 Å². The molecule has 0 spiro atoms. The summed E-state index contributed by atoms with van der Waals surface area (Å²) in [5.74, 6) is 0.500. The minimum Gasteiger partial charge on any atom is -0.352 e. The van der Waals surface area contributed by atoms with Crippen LogP contribution in [0.15, 0.2) is 42.7 Å². The largest absolute Gasteiger partial charge is 0.352 e. The standard InChI is InChI=1S/C21H27N3O/c1-16-6-3-4-8-19(16)15-24-11-5-7-18(14-24)12-23-21(25)20-13-22-10-9-17(20)2/h3-4,6,8-10,13,18H,5,7,11-12,14-15H2,1-2H3,(H,23,25)/t18-/m0/s1. The number of aromatic nitrogens is 1. The SMILES string of the molecule is Cc1ccccc1CN1CCC[C@@H](CNC(=O)c2cnccc2C)C1. The summed E-state index contributed by atoms with van der Waals surface area (Å²) in [5, 5.41) is 3.10. The molecule has 2 heterocycles. The fourth-order valence-electron chi connectivity index (χ4n) is 3.52. The van der Waals surface area contributed by atoms with Gasteiger partial charge in [0, 0.05) is 32.0 Å². The molecule has 0 unspecified atom stereocenters. The Morgan fingerprint density at radius 3 is 2.88 bits per heavy atom. The van der Waals surface area contributed by atoms with Gasteiger partial charge in [0.2, 0.25) is 0 Å². The Labute approximate surface area is 150 Å². The van der Waals surface area contributed by atoms with Gasteiger partial charge in [-0.3, -0.25) is 14.7 Å². The highest BCUT2D eigenvalue weighted by molar-refractivity contribution is 5.95. The third-order valence-corrected chi connectivity index (χ3v) is 5.09. The minimum absolute atomic E-state index is 0.0124. The fourth-order valence-corrected chi connectivity index (χ4v) is 3.52. The van der Waals surface area contributed by atoms with Crippen LogP contribution in [0.1, 0.15) is 39.9 Å². The van der Waals surface area contributed by atoms with E-state index in [1.807, 2.05) is 13.0 Å². The van der Waals surface area contributed by atoms with Gasteiger partial charge in [0.1, 0.15) is 0 Å². The number of rotatable bonds is 5. The van der Waals surface area contributed by atoms with E-state index in [1.54, 1.807) is 12.4 Å². The first-order valence-corrected chi connectivity index (χ1v) is 9.09.